The van der Waals surface area contributed by atoms with Crippen molar-refractivity contribution in [2.24, 2.45) is 7.05 Å². The SMILES string of the molecule is Cn1nc(F)c(C(=O)O)c1CCl. The highest BCUT2D eigenvalue weighted by Crippen LogP contribution is 2.14. The van der Waals surface area contributed by atoms with Gasteiger partial charge in [0, 0.05) is 7.05 Å². The van der Waals surface area contributed by atoms with Gasteiger partial charge in [0.1, 0.15) is 5.56 Å². The Morgan fingerprint density at radius 3 is 2.75 bits per heavy atom. The van der Waals surface area contributed by atoms with E-state index in [1.807, 2.05) is 0 Å². The van der Waals surface area contributed by atoms with Gasteiger partial charge in [-0.2, -0.15) is 4.39 Å². The smallest absolute Gasteiger partial charge is 0.342 e. The minimum Gasteiger partial charge on any atom is -0.477 e. The molecule has 0 bridgehead atoms. The second-order valence-corrected chi connectivity index (χ2v) is 2.44. The molecule has 6 heteroatoms. The lowest BCUT2D eigenvalue weighted by Gasteiger charge is -1.95. The third-order valence-electron chi connectivity index (χ3n) is 1.46. The van der Waals surface area contributed by atoms with E-state index >= 15 is 0 Å². The van der Waals surface area contributed by atoms with E-state index in [9.17, 15) is 9.18 Å². The van der Waals surface area contributed by atoms with Crippen LogP contribution in [0.25, 0.3) is 0 Å². The molecule has 0 amide bonds. The van der Waals surface area contributed by atoms with Crippen molar-refractivity contribution < 1.29 is 14.3 Å². The molecule has 12 heavy (non-hydrogen) atoms. The predicted molar refractivity (Wildman–Crippen MR) is 39.7 cm³/mol. The van der Waals surface area contributed by atoms with Crippen LogP contribution >= 0.6 is 11.6 Å². The van der Waals surface area contributed by atoms with Crippen LogP contribution < -0.4 is 0 Å². The van der Waals surface area contributed by atoms with Crippen LogP contribution in [-0.4, -0.2) is 20.9 Å². The van der Waals surface area contributed by atoms with E-state index in [1.54, 1.807) is 0 Å². The molecule has 0 saturated carbocycles. The van der Waals surface area contributed by atoms with Crippen molar-refractivity contribution in [3.63, 3.8) is 0 Å². The minimum absolute atomic E-state index is 0.0744. The standard InChI is InChI=1S/C6H6ClFN2O2/c1-10-3(2-7)4(6(11)12)5(8)9-10/h2H2,1H3,(H,11,12). The van der Waals surface area contributed by atoms with Gasteiger partial charge in [0.2, 0.25) is 5.95 Å². The fourth-order valence-corrected chi connectivity index (χ4v) is 1.19. The van der Waals surface area contributed by atoms with Gasteiger partial charge in [0.25, 0.3) is 0 Å². The molecule has 0 fully saturated rings. The van der Waals surface area contributed by atoms with E-state index in [2.05, 4.69) is 5.10 Å². The summed E-state index contributed by atoms with van der Waals surface area (Å²) in [6, 6.07) is 0. The van der Waals surface area contributed by atoms with Crippen molar-refractivity contribution in [1.82, 2.24) is 9.78 Å². The molecule has 0 saturated heterocycles. The molecule has 66 valence electrons. The monoisotopic (exact) mass is 192 g/mol. The molecule has 0 aliphatic heterocycles. The summed E-state index contributed by atoms with van der Waals surface area (Å²) in [7, 11) is 1.44. The summed E-state index contributed by atoms with van der Waals surface area (Å²) in [5.74, 6) is -2.42. The number of hydrogen-bond donors (Lipinski definition) is 1. The summed E-state index contributed by atoms with van der Waals surface area (Å²) in [5, 5.41) is 11.8. The first-order chi connectivity index (χ1) is 5.57. The quantitative estimate of drug-likeness (QED) is 0.712. The lowest BCUT2D eigenvalue weighted by molar-refractivity contribution is 0.0691. The predicted octanol–water partition coefficient (Wildman–Crippen LogP) is 0.996. The van der Waals surface area contributed by atoms with Gasteiger partial charge in [0.05, 0.1) is 11.6 Å². The first kappa shape index (κ1) is 8.99. The maximum atomic E-state index is 12.7. The molecule has 1 N–H and O–H groups in total. The van der Waals surface area contributed by atoms with Crippen molar-refractivity contribution in [2.45, 2.75) is 5.88 Å². The second-order valence-electron chi connectivity index (χ2n) is 2.17. The van der Waals surface area contributed by atoms with Crippen LogP contribution in [0.2, 0.25) is 0 Å². The maximum absolute atomic E-state index is 12.7. The molecule has 1 aromatic rings. The van der Waals surface area contributed by atoms with E-state index < -0.39 is 17.5 Å². The van der Waals surface area contributed by atoms with Crippen LogP contribution in [0.5, 0.6) is 0 Å². The number of aryl methyl sites for hydroxylation is 1. The van der Waals surface area contributed by atoms with Gasteiger partial charge in [-0.15, -0.1) is 16.7 Å². The number of hydrogen-bond acceptors (Lipinski definition) is 2. The van der Waals surface area contributed by atoms with Crippen molar-refractivity contribution >= 4 is 17.6 Å². The van der Waals surface area contributed by atoms with E-state index in [1.165, 1.54) is 7.05 Å². The molecule has 1 aromatic heterocycles. The zero-order valence-corrected chi connectivity index (χ0v) is 6.97. The number of rotatable bonds is 2. The number of alkyl halides is 1. The Kier molecular flexibility index (Phi) is 2.32. The number of carbonyl (C=O) groups is 1. The minimum atomic E-state index is -1.35. The molecule has 0 spiro atoms. The van der Waals surface area contributed by atoms with Crippen molar-refractivity contribution in [3.05, 3.63) is 17.2 Å². The van der Waals surface area contributed by atoms with E-state index in [0.29, 0.717) is 0 Å². The van der Waals surface area contributed by atoms with E-state index in [-0.39, 0.29) is 11.6 Å². The molecule has 1 heterocycles. The molecular formula is C6H6ClFN2O2. The largest absolute Gasteiger partial charge is 0.477 e. The van der Waals surface area contributed by atoms with Crippen molar-refractivity contribution in [2.75, 3.05) is 0 Å². The zero-order valence-electron chi connectivity index (χ0n) is 6.21. The summed E-state index contributed by atoms with van der Waals surface area (Å²) < 4.78 is 13.9. The van der Waals surface area contributed by atoms with Gasteiger partial charge < -0.3 is 5.11 Å². The zero-order chi connectivity index (χ0) is 9.30. The highest BCUT2D eigenvalue weighted by molar-refractivity contribution is 6.17. The Bertz CT molecular complexity index is 324. The second kappa shape index (κ2) is 3.10. The Morgan fingerprint density at radius 1 is 1.83 bits per heavy atom. The van der Waals surface area contributed by atoms with Crippen LogP contribution in [-0.2, 0) is 12.9 Å². The van der Waals surface area contributed by atoms with Crippen LogP contribution in [0, 0.1) is 5.95 Å². The first-order valence-corrected chi connectivity index (χ1v) is 3.62. The Morgan fingerprint density at radius 2 is 2.42 bits per heavy atom. The average molecular weight is 193 g/mol. The lowest BCUT2D eigenvalue weighted by atomic mass is 10.2. The van der Waals surface area contributed by atoms with Gasteiger partial charge in [-0.05, 0) is 0 Å². The highest BCUT2D eigenvalue weighted by atomic mass is 35.5. The number of aromatic carboxylic acids is 1. The van der Waals surface area contributed by atoms with E-state index in [0.717, 1.165) is 4.68 Å². The third-order valence-corrected chi connectivity index (χ3v) is 1.72. The number of nitrogens with zero attached hydrogens (tertiary/aromatic N) is 2. The number of aromatic nitrogens is 2. The van der Waals surface area contributed by atoms with Crippen LogP contribution in [0.3, 0.4) is 0 Å². The summed E-state index contributed by atoms with van der Waals surface area (Å²) in [6.45, 7) is 0. The van der Waals surface area contributed by atoms with Crippen molar-refractivity contribution in [1.29, 1.82) is 0 Å². The maximum Gasteiger partial charge on any atom is 0.342 e. The molecule has 0 atom stereocenters. The number of halogens is 2. The fourth-order valence-electron chi connectivity index (χ4n) is 0.888. The molecule has 4 nitrogen and oxygen atoms in total. The summed E-state index contributed by atoms with van der Waals surface area (Å²) in [4.78, 5) is 10.5. The number of carboxylic acid groups (broad SMARTS) is 1. The molecule has 0 aliphatic carbocycles. The van der Waals surface area contributed by atoms with Crippen LogP contribution in [0.4, 0.5) is 4.39 Å². The van der Waals surface area contributed by atoms with Gasteiger partial charge in [-0.3, -0.25) is 4.68 Å². The molecule has 0 radical (unpaired) electrons. The Labute approximate surface area is 72.6 Å². The van der Waals surface area contributed by atoms with Gasteiger partial charge in [0.15, 0.2) is 0 Å². The van der Waals surface area contributed by atoms with Crippen LogP contribution in [0.1, 0.15) is 16.1 Å². The molecule has 0 unspecified atom stereocenters. The normalized spacial score (nSPS) is 10.2. The number of carboxylic acids is 1. The topological polar surface area (TPSA) is 55.1 Å². The summed E-state index contributed by atoms with van der Waals surface area (Å²) >= 11 is 5.40. The average Bonchev–Trinajstić information content (AvgIpc) is 2.24. The van der Waals surface area contributed by atoms with Crippen molar-refractivity contribution in [3.8, 4) is 0 Å². The van der Waals surface area contributed by atoms with Gasteiger partial charge in [-0.1, -0.05) is 0 Å². The molecular weight excluding hydrogens is 187 g/mol. The fraction of sp³-hybridized carbons (Fsp3) is 0.333. The summed E-state index contributed by atoms with van der Waals surface area (Å²) in [5.41, 5.74) is -0.283. The van der Waals surface area contributed by atoms with Gasteiger partial charge in [-0.25, -0.2) is 4.79 Å². The van der Waals surface area contributed by atoms with E-state index in [4.69, 9.17) is 16.7 Å². The highest BCUT2D eigenvalue weighted by Gasteiger charge is 2.21. The molecule has 0 aliphatic rings. The van der Waals surface area contributed by atoms with Gasteiger partial charge >= 0.3 is 5.97 Å². The Balaban J connectivity index is 3.32. The molecule has 1 rings (SSSR count). The third kappa shape index (κ3) is 1.27. The molecule has 0 aromatic carbocycles. The summed E-state index contributed by atoms with van der Waals surface area (Å²) in [6.07, 6.45) is 0. The Hall–Kier alpha value is -1.10. The lowest BCUT2D eigenvalue weighted by Crippen LogP contribution is -2.03. The van der Waals surface area contributed by atoms with Crippen LogP contribution in [0.15, 0.2) is 0 Å². The first-order valence-electron chi connectivity index (χ1n) is 3.08.